The number of benzene rings is 2. The van der Waals surface area contributed by atoms with Crippen LogP contribution in [0.5, 0.6) is 0 Å². The van der Waals surface area contributed by atoms with Gasteiger partial charge in [-0.25, -0.2) is 0 Å². The summed E-state index contributed by atoms with van der Waals surface area (Å²) in [5.41, 5.74) is 2.27. The first kappa shape index (κ1) is 23.6. The van der Waals surface area contributed by atoms with Gasteiger partial charge in [0.05, 0.1) is 4.92 Å². The van der Waals surface area contributed by atoms with Crippen molar-refractivity contribution in [3.8, 4) is 0 Å². The summed E-state index contributed by atoms with van der Waals surface area (Å²) in [4.78, 5) is 38.9. The zero-order valence-electron chi connectivity index (χ0n) is 18.8. The van der Waals surface area contributed by atoms with E-state index in [-0.39, 0.29) is 29.2 Å². The first-order valence-electron chi connectivity index (χ1n) is 11.1. The van der Waals surface area contributed by atoms with Crippen molar-refractivity contribution in [3.05, 3.63) is 92.2 Å². The molecular weight excluding hydrogens is 452 g/mol. The molecule has 1 aromatic heterocycles. The fourth-order valence-corrected chi connectivity index (χ4v) is 4.86. The molecule has 1 fully saturated rings. The summed E-state index contributed by atoms with van der Waals surface area (Å²) in [6, 6.07) is 15.4. The van der Waals surface area contributed by atoms with Gasteiger partial charge >= 0.3 is 0 Å². The maximum Gasteiger partial charge on any atom is 0.293 e. The Morgan fingerprint density at radius 2 is 1.85 bits per heavy atom. The Morgan fingerprint density at radius 1 is 1.12 bits per heavy atom. The van der Waals surface area contributed by atoms with Gasteiger partial charge in [0, 0.05) is 36.1 Å². The van der Waals surface area contributed by atoms with Crippen LogP contribution in [-0.2, 0) is 4.79 Å². The Hall–Kier alpha value is -3.56. The molecule has 8 nitrogen and oxygen atoms in total. The smallest absolute Gasteiger partial charge is 0.293 e. The van der Waals surface area contributed by atoms with Gasteiger partial charge in [0.15, 0.2) is 0 Å². The Balaban J connectivity index is 1.49. The van der Waals surface area contributed by atoms with E-state index in [0.29, 0.717) is 31.5 Å². The number of carbonyl (C=O) groups excluding carboxylic acids is 2. The van der Waals surface area contributed by atoms with Crippen molar-refractivity contribution < 1.29 is 14.5 Å². The predicted octanol–water partition coefficient (Wildman–Crippen LogP) is 4.54. The van der Waals surface area contributed by atoms with Gasteiger partial charge in [-0.3, -0.25) is 24.6 Å². The fourth-order valence-electron chi connectivity index (χ4n) is 4.23. The molecule has 176 valence electrons. The summed E-state index contributed by atoms with van der Waals surface area (Å²) in [7, 11) is 0. The van der Waals surface area contributed by atoms with E-state index in [1.807, 2.05) is 41.1 Å². The highest BCUT2D eigenvalue weighted by Crippen LogP contribution is 2.30. The minimum absolute atomic E-state index is 0.0290. The summed E-state index contributed by atoms with van der Waals surface area (Å²) >= 11 is 1.48. The van der Waals surface area contributed by atoms with E-state index in [1.54, 1.807) is 25.1 Å². The lowest BCUT2D eigenvalue weighted by atomic mass is 9.98. The number of nitrogens with one attached hydrogen (secondary N) is 2. The molecule has 1 saturated heterocycles. The predicted molar refractivity (Wildman–Crippen MR) is 132 cm³/mol. The Morgan fingerprint density at radius 3 is 2.50 bits per heavy atom. The molecule has 0 saturated carbocycles. The number of thiophene rings is 1. The number of rotatable bonds is 7. The molecule has 1 atom stereocenters. The lowest BCUT2D eigenvalue weighted by Crippen LogP contribution is -2.47. The number of likely N-dealkylation sites (tertiary alicyclic amines) is 1. The Kier molecular flexibility index (Phi) is 7.34. The van der Waals surface area contributed by atoms with E-state index in [4.69, 9.17) is 0 Å². The van der Waals surface area contributed by atoms with E-state index in [1.165, 1.54) is 17.4 Å². The molecular formula is C25H26N4O4S. The maximum absolute atomic E-state index is 13.4. The lowest BCUT2D eigenvalue weighted by Gasteiger charge is -2.37. The maximum atomic E-state index is 13.4. The zero-order chi connectivity index (χ0) is 24.1. The number of nitro benzene ring substituents is 1. The quantitative estimate of drug-likeness (QED) is 0.383. The third kappa shape index (κ3) is 5.49. The number of amides is 2. The van der Waals surface area contributed by atoms with Crippen molar-refractivity contribution in [2.24, 2.45) is 0 Å². The second-order valence-corrected chi connectivity index (χ2v) is 9.16. The van der Waals surface area contributed by atoms with E-state index >= 15 is 0 Å². The number of piperidine rings is 1. The van der Waals surface area contributed by atoms with Crippen molar-refractivity contribution in [3.63, 3.8) is 0 Å². The fraction of sp³-hybridized carbons (Fsp3) is 0.280. The summed E-state index contributed by atoms with van der Waals surface area (Å²) in [6.07, 6.45) is 1.41. The topological polar surface area (TPSA) is 105 Å². The molecule has 1 unspecified atom stereocenters. The van der Waals surface area contributed by atoms with Gasteiger partial charge in [-0.05, 0) is 48.4 Å². The number of nitrogens with zero attached hydrogens (tertiary/aromatic N) is 2. The average molecular weight is 479 g/mol. The van der Waals surface area contributed by atoms with Gasteiger partial charge in [-0.2, -0.15) is 11.3 Å². The zero-order valence-corrected chi connectivity index (χ0v) is 19.6. The normalized spacial score (nSPS) is 15.4. The van der Waals surface area contributed by atoms with Crippen LogP contribution in [0.25, 0.3) is 0 Å². The van der Waals surface area contributed by atoms with Crippen molar-refractivity contribution in [2.45, 2.75) is 31.8 Å². The van der Waals surface area contributed by atoms with Gasteiger partial charge in [-0.1, -0.05) is 36.4 Å². The largest absolute Gasteiger partial charge is 0.349 e. The first-order chi connectivity index (χ1) is 16.4. The molecule has 1 aliphatic heterocycles. The molecule has 0 radical (unpaired) electrons. The standard InChI is InChI=1S/C25H26N4O4S/c1-17-7-8-21(22(15-17)29(32)33)27-25(31)23(18-5-3-2-4-6-18)28-12-9-20(10-13-28)26-24(30)19-11-14-34-16-19/h2-8,11,14-16,20,23H,9-10,12-13H2,1H3,(H,26,30)(H,27,31). The number of aryl methyl sites for hydroxylation is 1. The van der Waals surface area contributed by atoms with Crippen LogP contribution in [0.15, 0.2) is 65.4 Å². The van der Waals surface area contributed by atoms with Gasteiger partial charge in [0.2, 0.25) is 5.91 Å². The van der Waals surface area contributed by atoms with Crippen LogP contribution >= 0.6 is 11.3 Å². The Labute approximate surface area is 201 Å². The molecule has 3 aromatic rings. The summed E-state index contributed by atoms with van der Waals surface area (Å²) in [5, 5.41) is 21.1. The molecule has 34 heavy (non-hydrogen) atoms. The van der Waals surface area contributed by atoms with E-state index in [9.17, 15) is 19.7 Å². The second kappa shape index (κ2) is 10.6. The number of hydrogen-bond acceptors (Lipinski definition) is 6. The molecule has 2 heterocycles. The first-order valence-corrected chi connectivity index (χ1v) is 12.0. The van der Waals surface area contributed by atoms with E-state index in [0.717, 1.165) is 11.1 Å². The summed E-state index contributed by atoms with van der Waals surface area (Å²) < 4.78 is 0. The van der Waals surface area contributed by atoms with Crippen LogP contribution in [0.2, 0.25) is 0 Å². The van der Waals surface area contributed by atoms with E-state index in [2.05, 4.69) is 15.5 Å². The van der Waals surface area contributed by atoms with Crippen molar-refractivity contribution in [1.29, 1.82) is 0 Å². The van der Waals surface area contributed by atoms with Crippen LogP contribution in [0, 0.1) is 17.0 Å². The van der Waals surface area contributed by atoms with E-state index < -0.39 is 11.0 Å². The van der Waals surface area contributed by atoms with Gasteiger partial charge in [0.25, 0.3) is 11.6 Å². The molecule has 2 N–H and O–H groups in total. The lowest BCUT2D eigenvalue weighted by molar-refractivity contribution is -0.384. The van der Waals surface area contributed by atoms with Crippen LogP contribution in [0.1, 0.15) is 40.4 Å². The summed E-state index contributed by atoms with van der Waals surface area (Å²) in [6.45, 7) is 2.99. The number of nitro groups is 1. The third-order valence-corrected chi connectivity index (χ3v) is 6.67. The molecule has 0 bridgehead atoms. The molecule has 4 rings (SSSR count). The van der Waals surface area contributed by atoms with Crippen molar-refractivity contribution in [1.82, 2.24) is 10.2 Å². The number of hydrogen-bond donors (Lipinski definition) is 2. The third-order valence-electron chi connectivity index (χ3n) is 5.98. The van der Waals surface area contributed by atoms with Gasteiger partial charge in [0.1, 0.15) is 11.7 Å². The minimum Gasteiger partial charge on any atom is -0.349 e. The average Bonchev–Trinajstić information content (AvgIpc) is 3.37. The Bertz CT molecular complexity index is 1160. The number of carbonyl (C=O) groups is 2. The SMILES string of the molecule is Cc1ccc(NC(=O)C(c2ccccc2)N2CCC(NC(=O)c3ccsc3)CC2)c([N+](=O)[O-])c1. The van der Waals surface area contributed by atoms with Crippen LogP contribution < -0.4 is 10.6 Å². The van der Waals surface area contributed by atoms with Crippen LogP contribution in [0.4, 0.5) is 11.4 Å². The minimum atomic E-state index is -0.601. The summed E-state index contributed by atoms with van der Waals surface area (Å²) in [5.74, 6) is -0.400. The van der Waals surface area contributed by atoms with Gasteiger partial charge < -0.3 is 10.6 Å². The molecule has 9 heteroatoms. The molecule has 0 aliphatic carbocycles. The highest BCUT2D eigenvalue weighted by molar-refractivity contribution is 7.08. The second-order valence-electron chi connectivity index (χ2n) is 8.38. The van der Waals surface area contributed by atoms with Gasteiger partial charge in [-0.15, -0.1) is 0 Å². The van der Waals surface area contributed by atoms with Crippen molar-refractivity contribution in [2.75, 3.05) is 18.4 Å². The molecule has 2 amide bonds. The highest BCUT2D eigenvalue weighted by atomic mass is 32.1. The molecule has 0 spiro atoms. The molecule has 2 aromatic carbocycles. The van der Waals surface area contributed by atoms with Crippen LogP contribution in [-0.4, -0.2) is 40.8 Å². The van der Waals surface area contributed by atoms with Crippen LogP contribution in [0.3, 0.4) is 0 Å². The highest BCUT2D eigenvalue weighted by Gasteiger charge is 2.32. The van der Waals surface area contributed by atoms with Crippen molar-refractivity contribution >= 4 is 34.5 Å². The number of anilines is 1. The molecule has 1 aliphatic rings. The monoisotopic (exact) mass is 478 g/mol.